The molecule has 0 bridgehead atoms. The van der Waals surface area contributed by atoms with Gasteiger partial charge in [-0.3, -0.25) is 0 Å². The Morgan fingerprint density at radius 1 is 1.23 bits per heavy atom. The SMILES string of the molecule is CC(C)N1CC(CCC(C)(C)C)C1. The summed E-state index contributed by atoms with van der Waals surface area (Å²) in [5.41, 5.74) is 0.526. The zero-order valence-corrected chi connectivity index (χ0v) is 9.93. The maximum absolute atomic E-state index is 2.56. The molecule has 1 nitrogen and oxygen atoms in total. The fourth-order valence-corrected chi connectivity index (χ4v) is 1.85. The average Bonchev–Trinajstić information content (AvgIpc) is 1.79. The van der Waals surface area contributed by atoms with Gasteiger partial charge in [0.05, 0.1) is 0 Å². The van der Waals surface area contributed by atoms with Crippen molar-refractivity contribution < 1.29 is 0 Å². The van der Waals surface area contributed by atoms with E-state index in [1.165, 1.54) is 25.9 Å². The second-order valence-corrected chi connectivity index (χ2v) is 6.01. The predicted octanol–water partition coefficient (Wildman–Crippen LogP) is 3.15. The molecule has 0 spiro atoms. The summed E-state index contributed by atoms with van der Waals surface area (Å²) in [6.45, 7) is 14.3. The van der Waals surface area contributed by atoms with Crippen molar-refractivity contribution in [2.75, 3.05) is 13.1 Å². The lowest BCUT2D eigenvalue weighted by Crippen LogP contribution is -2.50. The van der Waals surface area contributed by atoms with Gasteiger partial charge in [-0.15, -0.1) is 0 Å². The summed E-state index contributed by atoms with van der Waals surface area (Å²) >= 11 is 0. The molecule has 78 valence electrons. The third-order valence-electron chi connectivity index (χ3n) is 3.02. The van der Waals surface area contributed by atoms with Crippen molar-refractivity contribution in [1.29, 1.82) is 0 Å². The Hall–Kier alpha value is -0.0400. The number of nitrogens with zero attached hydrogens (tertiary/aromatic N) is 1. The molecule has 0 aliphatic carbocycles. The first-order chi connectivity index (χ1) is 5.88. The van der Waals surface area contributed by atoms with E-state index in [1.807, 2.05) is 0 Å². The van der Waals surface area contributed by atoms with Gasteiger partial charge in [-0.25, -0.2) is 0 Å². The number of likely N-dealkylation sites (tertiary alicyclic amines) is 1. The minimum Gasteiger partial charge on any atom is -0.300 e. The van der Waals surface area contributed by atoms with Gasteiger partial charge in [0, 0.05) is 19.1 Å². The molecule has 0 aromatic rings. The van der Waals surface area contributed by atoms with Crippen LogP contribution in [0.15, 0.2) is 0 Å². The van der Waals surface area contributed by atoms with E-state index in [-0.39, 0.29) is 0 Å². The lowest BCUT2D eigenvalue weighted by molar-refractivity contribution is 0.0559. The summed E-state index contributed by atoms with van der Waals surface area (Å²) < 4.78 is 0. The van der Waals surface area contributed by atoms with Gasteiger partial charge in [0.2, 0.25) is 0 Å². The molecule has 0 atom stereocenters. The van der Waals surface area contributed by atoms with Crippen molar-refractivity contribution in [2.24, 2.45) is 11.3 Å². The van der Waals surface area contributed by atoms with Crippen LogP contribution in [-0.2, 0) is 0 Å². The van der Waals surface area contributed by atoms with Gasteiger partial charge >= 0.3 is 0 Å². The fourth-order valence-electron chi connectivity index (χ4n) is 1.85. The third kappa shape index (κ3) is 3.68. The molecular formula is C12H25N. The third-order valence-corrected chi connectivity index (χ3v) is 3.02. The van der Waals surface area contributed by atoms with Crippen molar-refractivity contribution in [1.82, 2.24) is 4.90 Å². The molecule has 0 radical (unpaired) electrons. The van der Waals surface area contributed by atoms with Crippen molar-refractivity contribution in [3.8, 4) is 0 Å². The maximum atomic E-state index is 2.56. The van der Waals surface area contributed by atoms with Crippen molar-refractivity contribution in [2.45, 2.75) is 53.5 Å². The van der Waals surface area contributed by atoms with E-state index in [2.05, 4.69) is 39.5 Å². The first-order valence-electron chi connectivity index (χ1n) is 5.62. The molecule has 1 heteroatoms. The Bertz CT molecular complexity index is 149. The standard InChI is InChI=1S/C12H25N/c1-10(2)13-8-11(9-13)6-7-12(3,4)5/h10-11H,6-9H2,1-5H3. The Balaban J connectivity index is 2.09. The number of rotatable bonds is 3. The van der Waals surface area contributed by atoms with E-state index in [0.29, 0.717) is 5.41 Å². The molecule has 0 aromatic carbocycles. The van der Waals surface area contributed by atoms with Crippen LogP contribution in [0.5, 0.6) is 0 Å². The molecule has 0 unspecified atom stereocenters. The lowest BCUT2D eigenvalue weighted by atomic mass is 9.84. The van der Waals surface area contributed by atoms with Gasteiger partial charge in [-0.1, -0.05) is 20.8 Å². The Labute approximate surface area is 83.5 Å². The van der Waals surface area contributed by atoms with Crippen molar-refractivity contribution in [3.63, 3.8) is 0 Å². The van der Waals surface area contributed by atoms with Crippen LogP contribution in [0, 0.1) is 11.3 Å². The van der Waals surface area contributed by atoms with Crippen LogP contribution in [0.25, 0.3) is 0 Å². The summed E-state index contributed by atoms with van der Waals surface area (Å²) in [5.74, 6) is 0.988. The van der Waals surface area contributed by atoms with E-state index in [4.69, 9.17) is 0 Å². The quantitative estimate of drug-likeness (QED) is 0.649. The Morgan fingerprint density at radius 3 is 2.15 bits per heavy atom. The molecule has 1 saturated heterocycles. The molecule has 0 saturated carbocycles. The highest BCUT2D eigenvalue weighted by Gasteiger charge is 2.28. The maximum Gasteiger partial charge on any atom is 0.00388 e. The molecule has 0 N–H and O–H groups in total. The smallest absolute Gasteiger partial charge is 0.00388 e. The molecule has 0 amide bonds. The molecule has 1 aliphatic heterocycles. The number of hydrogen-bond acceptors (Lipinski definition) is 1. The van der Waals surface area contributed by atoms with E-state index < -0.39 is 0 Å². The van der Waals surface area contributed by atoms with Crippen LogP contribution in [-0.4, -0.2) is 24.0 Å². The Morgan fingerprint density at radius 2 is 1.77 bits per heavy atom. The van der Waals surface area contributed by atoms with Crippen LogP contribution in [0.3, 0.4) is 0 Å². The van der Waals surface area contributed by atoms with E-state index in [1.54, 1.807) is 0 Å². The summed E-state index contributed by atoms with van der Waals surface area (Å²) in [4.78, 5) is 2.56. The highest BCUT2D eigenvalue weighted by molar-refractivity contribution is 4.82. The Kier molecular flexibility index (Phi) is 3.39. The molecule has 1 rings (SSSR count). The van der Waals surface area contributed by atoms with Crippen LogP contribution >= 0.6 is 0 Å². The van der Waals surface area contributed by atoms with Gasteiger partial charge in [0.1, 0.15) is 0 Å². The van der Waals surface area contributed by atoms with E-state index in [0.717, 1.165) is 12.0 Å². The van der Waals surface area contributed by atoms with Crippen LogP contribution < -0.4 is 0 Å². The van der Waals surface area contributed by atoms with Gasteiger partial charge in [-0.05, 0) is 38.0 Å². The summed E-state index contributed by atoms with van der Waals surface area (Å²) in [6.07, 6.45) is 2.80. The molecule has 1 heterocycles. The minimum absolute atomic E-state index is 0.526. The number of hydrogen-bond donors (Lipinski definition) is 0. The highest BCUT2D eigenvalue weighted by Crippen LogP contribution is 2.28. The van der Waals surface area contributed by atoms with Gasteiger partial charge in [-0.2, -0.15) is 0 Å². The lowest BCUT2D eigenvalue weighted by Gasteiger charge is -2.43. The summed E-state index contributed by atoms with van der Waals surface area (Å²) in [7, 11) is 0. The van der Waals surface area contributed by atoms with E-state index >= 15 is 0 Å². The average molecular weight is 183 g/mol. The van der Waals surface area contributed by atoms with Gasteiger partial charge < -0.3 is 4.90 Å². The zero-order chi connectivity index (χ0) is 10.1. The van der Waals surface area contributed by atoms with Gasteiger partial charge in [0.15, 0.2) is 0 Å². The molecule has 1 aliphatic rings. The van der Waals surface area contributed by atoms with Crippen LogP contribution in [0.1, 0.15) is 47.5 Å². The van der Waals surface area contributed by atoms with Crippen molar-refractivity contribution >= 4 is 0 Å². The fraction of sp³-hybridized carbons (Fsp3) is 1.00. The first-order valence-corrected chi connectivity index (χ1v) is 5.62. The van der Waals surface area contributed by atoms with Crippen LogP contribution in [0.2, 0.25) is 0 Å². The first kappa shape index (κ1) is 11.0. The highest BCUT2D eigenvalue weighted by atomic mass is 15.2. The topological polar surface area (TPSA) is 3.24 Å². The monoisotopic (exact) mass is 183 g/mol. The minimum atomic E-state index is 0.526. The summed E-state index contributed by atoms with van der Waals surface area (Å²) in [5, 5.41) is 0. The van der Waals surface area contributed by atoms with Gasteiger partial charge in [0.25, 0.3) is 0 Å². The summed E-state index contributed by atoms with van der Waals surface area (Å²) in [6, 6.07) is 0.755. The van der Waals surface area contributed by atoms with Crippen molar-refractivity contribution in [3.05, 3.63) is 0 Å². The van der Waals surface area contributed by atoms with E-state index in [9.17, 15) is 0 Å². The molecule has 13 heavy (non-hydrogen) atoms. The predicted molar refractivity (Wildman–Crippen MR) is 58.9 cm³/mol. The zero-order valence-electron chi connectivity index (χ0n) is 9.93. The largest absolute Gasteiger partial charge is 0.300 e. The molecular weight excluding hydrogens is 158 g/mol. The molecule has 0 aromatic heterocycles. The second kappa shape index (κ2) is 4.00. The van der Waals surface area contributed by atoms with Crippen LogP contribution in [0.4, 0.5) is 0 Å². The molecule has 1 fully saturated rings. The normalized spacial score (nSPS) is 20.8. The second-order valence-electron chi connectivity index (χ2n) is 6.01.